The molecule has 2 N–H and O–H groups in total. The van der Waals surface area contributed by atoms with Crippen LogP contribution in [0.25, 0.3) is 0 Å². The predicted molar refractivity (Wildman–Crippen MR) is 93.1 cm³/mol. The Morgan fingerprint density at radius 3 is 2.86 bits per heavy atom. The summed E-state index contributed by atoms with van der Waals surface area (Å²) in [6, 6.07) is 3.73. The van der Waals surface area contributed by atoms with Gasteiger partial charge in [0.1, 0.15) is 6.04 Å². The predicted octanol–water partition coefficient (Wildman–Crippen LogP) is 2.79. The minimum absolute atomic E-state index is 0.0345. The summed E-state index contributed by atoms with van der Waals surface area (Å²) >= 11 is 3.56. The molecule has 1 atom stereocenters. The maximum Gasteiger partial charge on any atom is 0.242 e. The van der Waals surface area contributed by atoms with Gasteiger partial charge in [0.15, 0.2) is 0 Å². The van der Waals surface area contributed by atoms with Crippen molar-refractivity contribution < 1.29 is 9.59 Å². The van der Waals surface area contributed by atoms with Gasteiger partial charge in [0.2, 0.25) is 11.8 Å². The van der Waals surface area contributed by atoms with Crippen LogP contribution < -0.4 is 10.6 Å². The van der Waals surface area contributed by atoms with Crippen LogP contribution in [0, 0.1) is 5.92 Å². The zero-order chi connectivity index (χ0) is 15.8. The molecule has 0 radical (unpaired) electrons. The van der Waals surface area contributed by atoms with Crippen molar-refractivity contribution in [1.82, 2.24) is 10.6 Å². The van der Waals surface area contributed by atoms with Gasteiger partial charge in [-0.25, -0.2) is 0 Å². The van der Waals surface area contributed by atoms with E-state index in [-0.39, 0.29) is 17.7 Å². The third-order valence-electron chi connectivity index (χ3n) is 3.85. The number of rotatable bonds is 8. The van der Waals surface area contributed by atoms with E-state index in [0.717, 1.165) is 37.2 Å². The normalized spacial score (nSPS) is 16.4. The van der Waals surface area contributed by atoms with E-state index >= 15 is 0 Å². The molecular weight excluding hydrogens is 316 g/mol. The number of nitrogens with one attached hydrogen (secondary N) is 2. The zero-order valence-corrected chi connectivity index (χ0v) is 14.6. The summed E-state index contributed by atoms with van der Waals surface area (Å²) in [6.45, 7) is 2.39. The van der Waals surface area contributed by atoms with Crippen molar-refractivity contribution in [3.63, 3.8) is 0 Å². The minimum atomic E-state index is -0.449. The fourth-order valence-electron chi connectivity index (χ4n) is 2.55. The van der Waals surface area contributed by atoms with Gasteiger partial charge in [-0.1, -0.05) is 18.9 Å². The first-order valence-corrected chi connectivity index (χ1v) is 9.88. The fraction of sp³-hybridized carbons (Fsp3) is 0.625. The summed E-state index contributed by atoms with van der Waals surface area (Å²) in [4.78, 5) is 25.3. The topological polar surface area (TPSA) is 58.2 Å². The molecule has 0 unspecified atom stereocenters. The van der Waals surface area contributed by atoms with E-state index in [1.165, 1.54) is 4.88 Å². The van der Waals surface area contributed by atoms with Gasteiger partial charge in [0.05, 0.1) is 0 Å². The molecule has 1 aromatic rings. The molecule has 1 fully saturated rings. The molecule has 6 heteroatoms. The van der Waals surface area contributed by atoms with Crippen LogP contribution in [0.5, 0.6) is 0 Å². The summed E-state index contributed by atoms with van der Waals surface area (Å²) in [5.74, 6) is 1.92. The Morgan fingerprint density at radius 2 is 2.18 bits per heavy atom. The maximum absolute atomic E-state index is 12.0. The highest BCUT2D eigenvalue weighted by molar-refractivity contribution is 7.98. The third kappa shape index (κ3) is 5.65. The van der Waals surface area contributed by atoms with Crippen LogP contribution in [-0.2, 0) is 15.3 Å². The van der Waals surface area contributed by atoms with Crippen LogP contribution in [0.4, 0.5) is 0 Å². The first-order chi connectivity index (χ1) is 10.7. The van der Waals surface area contributed by atoms with Gasteiger partial charge >= 0.3 is 0 Å². The van der Waals surface area contributed by atoms with Crippen molar-refractivity contribution in [2.45, 2.75) is 44.4 Å². The highest BCUT2D eigenvalue weighted by Crippen LogP contribution is 2.24. The highest BCUT2D eigenvalue weighted by Gasteiger charge is 2.25. The quantitative estimate of drug-likeness (QED) is 0.716. The summed E-state index contributed by atoms with van der Waals surface area (Å²) in [7, 11) is 0. The molecule has 1 aliphatic rings. The summed E-state index contributed by atoms with van der Waals surface area (Å²) < 4.78 is 0. The Balaban J connectivity index is 1.56. The molecule has 2 rings (SSSR count). The summed E-state index contributed by atoms with van der Waals surface area (Å²) in [6.07, 6.45) is 4.17. The molecule has 0 aromatic carbocycles. The minimum Gasteiger partial charge on any atom is -0.353 e. The molecular formula is C16H24N2O2S2. The number of thiophene rings is 1. The number of amides is 2. The lowest BCUT2D eigenvalue weighted by Crippen LogP contribution is -2.46. The van der Waals surface area contributed by atoms with E-state index in [1.807, 2.05) is 11.8 Å². The van der Waals surface area contributed by atoms with E-state index < -0.39 is 6.04 Å². The standard InChI is InChI=1S/C16H24N2O2S2/c1-12(18-16(20)13-5-2-3-6-13)15(19)17-8-10-21-11-14-7-4-9-22-14/h4,7,9,12-13H,2-3,5-6,8,10-11H2,1H3,(H,17,19)(H,18,20)/t12-/m0/s1. The largest absolute Gasteiger partial charge is 0.353 e. The highest BCUT2D eigenvalue weighted by atomic mass is 32.2. The van der Waals surface area contributed by atoms with E-state index in [2.05, 4.69) is 28.1 Å². The molecule has 2 amide bonds. The average molecular weight is 341 g/mol. The van der Waals surface area contributed by atoms with Gasteiger partial charge < -0.3 is 10.6 Å². The van der Waals surface area contributed by atoms with Gasteiger partial charge in [0, 0.05) is 28.8 Å². The molecule has 1 aromatic heterocycles. The molecule has 0 bridgehead atoms. The average Bonchev–Trinajstić information content (AvgIpc) is 3.19. The Labute approximate surface area is 140 Å². The first-order valence-electron chi connectivity index (χ1n) is 7.85. The smallest absolute Gasteiger partial charge is 0.242 e. The third-order valence-corrected chi connectivity index (χ3v) is 5.92. The van der Waals surface area contributed by atoms with Crippen LogP contribution >= 0.6 is 23.1 Å². The lowest BCUT2D eigenvalue weighted by atomic mass is 10.1. The Kier molecular flexibility index (Phi) is 7.25. The van der Waals surface area contributed by atoms with Gasteiger partial charge in [-0.05, 0) is 31.2 Å². The monoisotopic (exact) mass is 340 g/mol. The van der Waals surface area contributed by atoms with Crippen molar-refractivity contribution in [3.8, 4) is 0 Å². The Hall–Kier alpha value is -1.01. The van der Waals surface area contributed by atoms with Crippen LogP contribution in [0.15, 0.2) is 17.5 Å². The van der Waals surface area contributed by atoms with Crippen molar-refractivity contribution >= 4 is 34.9 Å². The van der Waals surface area contributed by atoms with Crippen molar-refractivity contribution in [3.05, 3.63) is 22.4 Å². The molecule has 0 aliphatic heterocycles. The number of hydrogen-bond acceptors (Lipinski definition) is 4. The van der Waals surface area contributed by atoms with Gasteiger partial charge in [-0.2, -0.15) is 11.8 Å². The van der Waals surface area contributed by atoms with Gasteiger partial charge in [-0.3, -0.25) is 9.59 Å². The number of carbonyl (C=O) groups excluding carboxylic acids is 2. The molecule has 1 aliphatic carbocycles. The van der Waals surface area contributed by atoms with Crippen molar-refractivity contribution in [2.24, 2.45) is 5.92 Å². The molecule has 1 saturated carbocycles. The van der Waals surface area contributed by atoms with E-state index in [0.29, 0.717) is 6.54 Å². The maximum atomic E-state index is 12.0. The fourth-order valence-corrected chi connectivity index (χ4v) is 4.25. The summed E-state index contributed by atoms with van der Waals surface area (Å²) in [5, 5.41) is 7.79. The summed E-state index contributed by atoms with van der Waals surface area (Å²) in [5.41, 5.74) is 0. The van der Waals surface area contributed by atoms with Crippen molar-refractivity contribution in [1.29, 1.82) is 0 Å². The van der Waals surface area contributed by atoms with Crippen LogP contribution in [-0.4, -0.2) is 30.2 Å². The molecule has 0 spiro atoms. The lowest BCUT2D eigenvalue weighted by Gasteiger charge is -2.16. The van der Waals surface area contributed by atoms with E-state index in [4.69, 9.17) is 0 Å². The molecule has 0 saturated heterocycles. The second kappa shape index (κ2) is 9.20. The second-order valence-electron chi connectivity index (χ2n) is 5.63. The number of thioether (sulfide) groups is 1. The van der Waals surface area contributed by atoms with E-state index in [9.17, 15) is 9.59 Å². The molecule has 4 nitrogen and oxygen atoms in total. The SMILES string of the molecule is C[C@H](NC(=O)C1CCCC1)C(=O)NCCSCc1cccs1. The van der Waals surface area contributed by atoms with Crippen molar-refractivity contribution in [2.75, 3.05) is 12.3 Å². The zero-order valence-electron chi connectivity index (χ0n) is 13.0. The van der Waals surface area contributed by atoms with Gasteiger partial charge in [-0.15, -0.1) is 11.3 Å². The first kappa shape index (κ1) is 17.3. The number of carbonyl (C=O) groups is 2. The Bertz CT molecular complexity index is 471. The lowest BCUT2D eigenvalue weighted by molar-refractivity contribution is -0.130. The molecule has 22 heavy (non-hydrogen) atoms. The number of hydrogen-bond donors (Lipinski definition) is 2. The van der Waals surface area contributed by atoms with Crippen LogP contribution in [0.2, 0.25) is 0 Å². The second-order valence-corrected chi connectivity index (χ2v) is 7.77. The van der Waals surface area contributed by atoms with Crippen LogP contribution in [0.3, 0.4) is 0 Å². The molecule has 1 heterocycles. The van der Waals surface area contributed by atoms with Crippen LogP contribution in [0.1, 0.15) is 37.5 Å². The van der Waals surface area contributed by atoms with Gasteiger partial charge in [0.25, 0.3) is 0 Å². The Morgan fingerprint density at radius 1 is 1.41 bits per heavy atom. The molecule has 122 valence electrons. The van der Waals surface area contributed by atoms with E-state index in [1.54, 1.807) is 18.3 Å².